The van der Waals surface area contributed by atoms with Crippen LogP contribution in [0, 0.1) is 6.92 Å². The molecule has 134 valence electrons. The summed E-state index contributed by atoms with van der Waals surface area (Å²) in [5, 5.41) is 4.18. The summed E-state index contributed by atoms with van der Waals surface area (Å²) < 4.78 is 10.5. The second kappa shape index (κ2) is 7.81. The number of carbonyl (C=O) groups is 2. The maximum absolute atomic E-state index is 12.0. The maximum atomic E-state index is 12.0. The van der Waals surface area contributed by atoms with E-state index in [1.165, 1.54) is 12.3 Å². The van der Waals surface area contributed by atoms with E-state index >= 15 is 0 Å². The fourth-order valence-electron chi connectivity index (χ4n) is 2.46. The minimum Gasteiger partial charge on any atom is -0.464 e. The van der Waals surface area contributed by atoms with Crippen LogP contribution in [0.5, 0.6) is 0 Å². The number of amides is 1. The van der Waals surface area contributed by atoms with E-state index < -0.39 is 18.5 Å². The predicted molar refractivity (Wildman–Crippen MR) is 101 cm³/mol. The molecule has 26 heavy (non-hydrogen) atoms. The Kier molecular flexibility index (Phi) is 5.49. The van der Waals surface area contributed by atoms with E-state index in [0.29, 0.717) is 26.9 Å². The normalized spacial score (nSPS) is 10.7. The number of furan rings is 1. The van der Waals surface area contributed by atoms with Gasteiger partial charge in [0, 0.05) is 16.0 Å². The van der Waals surface area contributed by atoms with Gasteiger partial charge >= 0.3 is 5.97 Å². The van der Waals surface area contributed by atoms with Gasteiger partial charge in [0.25, 0.3) is 5.91 Å². The zero-order chi connectivity index (χ0) is 18.7. The van der Waals surface area contributed by atoms with Crippen molar-refractivity contribution in [3.63, 3.8) is 0 Å². The number of anilines is 1. The molecule has 3 aromatic rings. The number of hydrogen-bond donors (Lipinski definition) is 1. The summed E-state index contributed by atoms with van der Waals surface area (Å²) in [5.41, 5.74) is 2.85. The van der Waals surface area contributed by atoms with E-state index in [4.69, 9.17) is 32.4 Å². The third-order valence-electron chi connectivity index (χ3n) is 3.71. The summed E-state index contributed by atoms with van der Waals surface area (Å²) in [7, 11) is 0. The Morgan fingerprint density at radius 3 is 2.77 bits per heavy atom. The van der Waals surface area contributed by atoms with Gasteiger partial charge in [0.15, 0.2) is 6.61 Å². The molecule has 0 unspecified atom stereocenters. The van der Waals surface area contributed by atoms with Crippen LogP contribution in [0.2, 0.25) is 10.0 Å². The lowest BCUT2D eigenvalue weighted by molar-refractivity contribution is -0.146. The van der Waals surface area contributed by atoms with E-state index in [1.807, 2.05) is 25.1 Å². The third kappa shape index (κ3) is 4.36. The van der Waals surface area contributed by atoms with Crippen molar-refractivity contribution >= 4 is 51.7 Å². The summed E-state index contributed by atoms with van der Waals surface area (Å²) in [6.07, 6.45) is 1.54. The number of hydrogen-bond acceptors (Lipinski definition) is 4. The lowest BCUT2D eigenvalue weighted by Gasteiger charge is -2.08. The van der Waals surface area contributed by atoms with Gasteiger partial charge in [-0.25, -0.2) is 0 Å². The molecule has 1 aromatic heterocycles. The Bertz CT molecular complexity index is 981. The standard InChI is InChI=1S/C19H15Cl2NO4/c1-11-2-4-14-12(9-25-17(14)6-11)7-19(24)26-10-18(23)22-16-8-13(20)3-5-15(16)21/h2-6,8-9H,7,10H2,1H3,(H,22,23). The Hall–Kier alpha value is -2.50. The van der Waals surface area contributed by atoms with Crippen LogP contribution >= 0.6 is 23.2 Å². The van der Waals surface area contributed by atoms with E-state index in [2.05, 4.69) is 5.32 Å². The molecule has 1 amide bonds. The van der Waals surface area contributed by atoms with Crippen LogP contribution in [-0.2, 0) is 20.7 Å². The molecule has 0 bridgehead atoms. The quantitative estimate of drug-likeness (QED) is 0.635. The fraction of sp³-hybridized carbons (Fsp3) is 0.158. The lowest BCUT2D eigenvalue weighted by atomic mass is 10.1. The average Bonchev–Trinajstić information content (AvgIpc) is 2.98. The molecule has 0 aliphatic rings. The molecule has 1 heterocycles. The highest BCUT2D eigenvalue weighted by molar-refractivity contribution is 6.35. The van der Waals surface area contributed by atoms with Crippen molar-refractivity contribution in [3.8, 4) is 0 Å². The minimum atomic E-state index is -0.527. The summed E-state index contributed by atoms with van der Waals surface area (Å²) in [6.45, 7) is 1.54. The molecule has 0 saturated carbocycles. The van der Waals surface area contributed by atoms with Crippen molar-refractivity contribution in [1.29, 1.82) is 0 Å². The van der Waals surface area contributed by atoms with Crippen molar-refractivity contribution < 1.29 is 18.7 Å². The first-order chi connectivity index (χ1) is 12.4. The van der Waals surface area contributed by atoms with E-state index in [0.717, 1.165) is 10.9 Å². The first-order valence-electron chi connectivity index (χ1n) is 7.79. The molecule has 0 saturated heterocycles. The third-order valence-corrected chi connectivity index (χ3v) is 4.28. The maximum Gasteiger partial charge on any atom is 0.310 e. The molecule has 2 aromatic carbocycles. The molecular weight excluding hydrogens is 377 g/mol. The monoisotopic (exact) mass is 391 g/mol. The van der Waals surface area contributed by atoms with Gasteiger partial charge < -0.3 is 14.5 Å². The molecule has 5 nitrogen and oxygen atoms in total. The van der Waals surface area contributed by atoms with Crippen LogP contribution < -0.4 is 5.32 Å². The molecule has 0 spiro atoms. The predicted octanol–water partition coefficient (Wildman–Crippen LogP) is 4.77. The van der Waals surface area contributed by atoms with Gasteiger partial charge in [-0.15, -0.1) is 0 Å². The highest BCUT2D eigenvalue weighted by atomic mass is 35.5. The minimum absolute atomic E-state index is 0.0151. The topological polar surface area (TPSA) is 68.5 Å². The smallest absolute Gasteiger partial charge is 0.310 e. The highest BCUT2D eigenvalue weighted by Crippen LogP contribution is 2.25. The zero-order valence-electron chi connectivity index (χ0n) is 13.8. The van der Waals surface area contributed by atoms with E-state index in [-0.39, 0.29) is 6.42 Å². The number of benzene rings is 2. The van der Waals surface area contributed by atoms with Crippen LogP contribution in [0.15, 0.2) is 47.1 Å². The summed E-state index contributed by atoms with van der Waals surface area (Å²) in [5.74, 6) is -1.03. The number of ether oxygens (including phenoxy) is 1. The van der Waals surface area contributed by atoms with E-state index in [1.54, 1.807) is 12.1 Å². The van der Waals surface area contributed by atoms with Gasteiger partial charge in [0.1, 0.15) is 5.58 Å². The number of esters is 1. The van der Waals surface area contributed by atoms with Crippen molar-refractivity contribution in [2.75, 3.05) is 11.9 Å². The van der Waals surface area contributed by atoms with Gasteiger partial charge in [0.2, 0.25) is 0 Å². The number of aryl methyl sites for hydroxylation is 1. The fourth-order valence-corrected chi connectivity index (χ4v) is 2.80. The van der Waals surface area contributed by atoms with Gasteiger partial charge in [-0.2, -0.15) is 0 Å². The molecule has 0 fully saturated rings. The molecular formula is C19H15Cl2NO4. The van der Waals surface area contributed by atoms with Crippen molar-refractivity contribution in [1.82, 2.24) is 0 Å². The van der Waals surface area contributed by atoms with Crippen LogP contribution in [0.3, 0.4) is 0 Å². The molecule has 7 heteroatoms. The number of halogens is 2. The van der Waals surface area contributed by atoms with Gasteiger partial charge in [-0.05, 0) is 36.8 Å². The Morgan fingerprint density at radius 1 is 1.15 bits per heavy atom. The molecule has 0 aliphatic carbocycles. The van der Waals surface area contributed by atoms with Gasteiger partial charge in [-0.1, -0.05) is 35.3 Å². The first-order valence-corrected chi connectivity index (χ1v) is 8.55. The SMILES string of the molecule is Cc1ccc2c(CC(=O)OCC(=O)Nc3cc(Cl)ccc3Cl)coc2c1. The Labute approximate surface area is 159 Å². The molecule has 1 N–H and O–H groups in total. The van der Waals surface area contributed by atoms with Crippen LogP contribution in [0.4, 0.5) is 5.69 Å². The second-order valence-corrected chi connectivity index (χ2v) is 6.61. The number of rotatable bonds is 5. The average molecular weight is 392 g/mol. The lowest BCUT2D eigenvalue weighted by Crippen LogP contribution is -2.21. The zero-order valence-corrected chi connectivity index (χ0v) is 15.4. The van der Waals surface area contributed by atoms with Crippen LogP contribution in [-0.4, -0.2) is 18.5 Å². The van der Waals surface area contributed by atoms with Crippen LogP contribution in [0.1, 0.15) is 11.1 Å². The van der Waals surface area contributed by atoms with Crippen LogP contribution in [0.25, 0.3) is 11.0 Å². The summed E-state index contributed by atoms with van der Waals surface area (Å²) >= 11 is 11.8. The Morgan fingerprint density at radius 2 is 1.96 bits per heavy atom. The summed E-state index contributed by atoms with van der Waals surface area (Å²) in [4.78, 5) is 23.9. The number of fused-ring (bicyclic) bond motifs is 1. The van der Waals surface area contributed by atoms with Crippen molar-refractivity contribution in [3.05, 3.63) is 63.8 Å². The number of carbonyl (C=O) groups excluding carboxylic acids is 2. The van der Waals surface area contributed by atoms with Crippen molar-refractivity contribution in [2.45, 2.75) is 13.3 Å². The largest absolute Gasteiger partial charge is 0.464 e. The first kappa shape index (κ1) is 18.3. The highest BCUT2D eigenvalue weighted by Gasteiger charge is 2.14. The number of nitrogens with one attached hydrogen (secondary N) is 1. The molecule has 0 radical (unpaired) electrons. The van der Waals surface area contributed by atoms with Gasteiger partial charge in [-0.3, -0.25) is 9.59 Å². The van der Waals surface area contributed by atoms with Crippen molar-refractivity contribution in [2.24, 2.45) is 0 Å². The second-order valence-electron chi connectivity index (χ2n) is 5.77. The molecule has 3 rings (SSSR count). The Balaban J connectivity index is 1.56. The summed E-state index contributed by atoms with van der Waals surface area (Å²) in [6, 6.07) is 10.4. The molecule has 0 aliphatic heterocycles. The molecule has 0 atom stereocenters. The van der Waals surface area contributed by atoms with Gasteiger partial charge in [0.05, 0.1) is 23.4 Å². The van der Waals surface area contributed by atoms with E-state index in [9.17, 15) is 9.59 Å².